The van der Waals surface area contributed by atoms with E-state index in [1.807, 2.05) is 32.0 Å². The van der Waals surface area contributed by atoms with Crippen LogP contribution in [0.5, 0.6) is 17.2 Å². The lowest BCUT2D eigenvalue weighted by Gasteiger charge is -2.14. The molecule has 3 rings (SSSR count). The molecule has 3 aromatic rings. The largest absolute Gasteiger partial charge is 0.497 e. The molecule has 138 valence electrons. The molecule has 0 spiro atoms. The van der Waals surface area contributed by atoms with Gasteiger partial charge in [0.15, 0.2) is 5.75 Å². The first-order valence-corrected chi connectivity index (χ1v) is 8.84. The highest BCUT2D eigenvalue weighted by atomic mass is 35.5. The average Bonchev–Trinajstić information content (AvgIpc) is 2.66. The van der Waals surface area contributed by atoms with Crippen LogP contribution in [-0.2, 0) is 0 Å². The maximum Gasteiger partial charge on any atom is 0.256 e. The first-order valence-electron chi connectivity index (χ1n) is 8.46. The second kappa shape index (κ2) is 8.14. The number of methoxy groups -OCH3 is 1. The van der Waals surface area contributed by atoms with Crippen LogP contribution in [0.4, 0.5) is 5.69 Å². The summed E-state index contributed by atoms with van der Waals surface area (Å²) < 4.78 is 11.1. The molecule has 1 amide bonds. The molecule has 0 heterocycles. The Morgan fingerprint density at radius 1 is 0.926 bits per heavy atom. The van der Waals surface area contributed by atoms with Gasteiger partial charge in [-0.05, 0) is 67.9 Å². The maximum absolute atomic E-state index is 12.8. The Labute approximate surface area is 163 Å². The van der Waals surface area contributed by atoms with Crippen molar-refractivity contribution in [1.29, 1.82) is 0 Å². The van der Waals surface area contributed by atoms with E-state index >= 15 is 0 Å². The van der Waals surface area contributed by atoms with Crippen LogP contribution in [-0.4, -0.2) is 13.0 Å². The Kier molecular flexibility index (Phi) is 5.67. The van der Waals surface area contributed by atoms with Crippen molar-refractivity contribution < 1.29 is 14.3 Å². The molecule has 0 aliphatic rings. The van der Waals surface area contributed by atoms with Gasteiger partial charge in [-0.3, -0.25) is 4.79 Å². The first-order chi connectivity index (χ1) is 13.0. The summed E-state index contributed by atoms with van der Waals surface area (Å²) in [6, 6.07) is 18.1. The third-order valence-corrected chi connectivity index (χ3v) is 4.35. The number of amides is 1. The topological polar surface area (TPSA) is 47.6 Å². The first kappa shape index (κ1) is 18.8. The Hall–Kier alpha value is -2.98. The van der Waals surface area contributed by atoms with Crippen LogP contribution < -0.4 is 14.8 Å². The van der Waals surface area contributed by atoms with Gasteiger partial charge in [-0.2, -0.15) is 0 Å². The molecule has 5 heteroatoms. The quantitative estimate of drug-likeness (QED) is 0.588. The molecule has 0 saturated heterocycles. The molecule has 3 aromatic carbocycles. The number of aryl methyl sites for hydroxylation is 2. The number of benzene rings is 3. The summed E-state index contributed by atoms with van der Waals surface area (Å²) in [6.45, 7) is 3.86. The summed E-state index contributed by atoms with van der Waals surface area (Å²) in [7, 11) is 1.61. The van der Waals surface area contributed by atoms with Crippen LogP contribution in [0.3, 0.4) is 0 Å². The van der Waals surface area contributed by atoms with Gasteiger partial charge >= 0.3 is 0 Å². The zero-order valence-corrected chi connectivity index (χ0v) is 16.1. The lowest BCUT2D eigenvalue weighted by Crippen LogP contribution is -2.14. The van der Waals surface area contributed by atoms with Crippen LogP contribution in [0, 0.1) is 13.8 Å². The molecule has 4 nitrogen and oxygen atoms in total. The van der Waals surface area contributed by atoms with Gasteiger partial charge < -0.3 is 14.8 Å². The highest BCUT2D eigenvalue weighted by Crippen LogP contribution is 2.33. The number of rotatable bonds is 5. The molecular formula is C22H20ClNO3. The fourth-order valence-corrected chi connectivity index (χ4v) is 2.80. The van der Waals surface area contributed by atoms with Gasteiger partial charge in [0, 0.05) is 10.6 Å². The summed E-state index contributed by atoms with van der Waals surface area (Å²) in [6.07, 6.45) is 0. The van der Waals surface area contributed by atoms with Crippen molar-refractivity contribution in [3.63, 3.8) is 0 Å². The normalized spacial score (nSPS) is 10.4. The minimum absolute atomic E-state index is 0.210. The molecule has 0 aliphatic carbocycles. The molecule has 0 saturated carbocycles. The standard InChI is InChI=1S/C22H20ClNO3/c1-14-4-5-15(2)19(12-14)22(25)24-20-13-16(23)6-11-21(20)27-18-9-7-17(26-3)8-10-18/h4-13H,1-3H3,(H,24,25). The smallest absolute Gasteiger partial charge is 0.256 e. The predicted molar refractivity (Wildman–Crippen MR) is 108 cm³/mol. The van der Waals surface area contributed by atoms with Gasteiger partial charge in [0.1, 0.15) is 11.5 Å². The average molecular weight is 382 g/mol. The van der Waals surface area contributed by atoms with E-state index in [0.29, 0.717) is 27.8 Å². The minimum atomic E-state index is -0.210. The number of carbonyl (C=O) groups is 1. The third-order valence-electron chi connectivity index (χ3n) is 4.11. The number of hydrogen-bond donors (Lipinski definition) is 1. The van der Waals surface area contributed by atoms with Crippen molar-refractivity contribution in [2.45, 2.75) is 13.8 Å². The van der Waals surface area contributed by atoms with Crippen molar-refractivity contribution in [2.75, 3.05) is 12.4 Å². The number of nitrogens with one attached hydrogen (secondary N) is 1. The molecule has 0 fully saturated rings. The molecule has 0 bridgehead atoms. The Bertz CT molecular complexity index is 968. The fraction of sp³-hybridized carbons (Fsp3) is 0.136. The molecule has 27 heavy (non-hydrogen) atoms. The Balaban J connectivity index is 1.87. The molecule has 0 unspecified atom stereocenters. The van der Waals surface area contributed by atoms with E-state index in [2.05, 4.69) is 5.32 Å². The Morgan fingerprint density at radius 2 is 1.63 bits per heavy atom. The summed E-state index contributed by atoms with van der Waals surface area (Å²) in [5.41, 5.74) is 3.04. The van der Waals surface area contributed by atoms with Crippen molar-refractivity contribution in [1.82, 2.24) is 0 Å². The SMILES string of the molecule is COc1ccc(Oc2ccc(Cl)cc2NC(=O)c2cc(C)ccc2C)cc1. The van der Waals surface area contributed by atoms with E-state index in [-0.39, 0.29) is 5.91 Å². The molecule has 0 atom stereocenters. The van der Waals surface area contributed by atoms with Crippen molar-refractivity contribution in [2.24, 2.45) is 0 Å². The van der Waals surface area contributed by atoms with Crippen molar-refractivity contribution in [3.05, 3.63) is 82.4 Å². The number of carbonyl (C=O) groups excluding carboxylic acids is 1. The van der Waals surface area contributed by atoms with Crippen LogP contribution in [0.1, 0.15) is 21.5 Å². The highest BCUT2D eigenvalue weighted by molar-refractivity contribution is 6.31. The van der Waals surface area contributed by atoms with Gasteiger partial charge in [0.25, 0.3) is 5.91 Å². The number of halogens is 1. The Morgan fingerprint density at radius 3 is 2.33 bits per heavy atom. The zero-order valence-electron chi connectivity index (χ0n) is 15.4. The lowest BCUT2D eigenvalue weighted by atomic mass is 10.0. The van der Waals surface area contributed by atoms with Crippen LogP contribution in [0.2, 0.25) is 5.02 Å². The summed E-state index contributed by atoms with van der Waals surface area (Å²) >= 11 is 6.12. The maximum atomic E-state index is 12.8. The predicted octanol–water partition coefficient (Wildman–Crippen LogP) is 6.01. The van der Waals surface area contributed by atoms with E-state index in [0.717, 1.165) is 16.9 Å². The van der Waals surface area contributed by atoms with Gasteiger partial charge in [-0.15, -0.1) is 0 Å². The molecule has 0 aromatic heterocycles. The van der Waals surface area contributed by atoms with Gasteiger partial charge in [-0.1, -0.05) is 29.3 Å². The van der Waals surface area contributed by atoms with Crippen LogP contribution >= 0.6 is 11.6 Å². The second-order valence-corrected chi connectivity index (χ2v) is 6.63. The summed E-state index contributed by atoms with van der Waals surface area (Å²) in [4.78, 5) is 12.8. The van der Waals surface area contributed by atoms with Gasteiger partial charge in [-0.25, -0.2) is 0 Å². The number of hydrogen-bond acceptors (Lipinski definition) is 3. The van der Waals surface area contributed by atoms with Gasteiger partial charge in [0.05, 0.1) is 12.8 Å². The lowest BCUT2D eigenvalue weighted by molar-refractivity contribution is 0.102. The number of ether oxygens (including phenoxy) is 2. The summed E-state index contributed by atoms with van der Waals surface area (Å²) in [5.74, 6) is 1.66. The van der Waals surface area contributed by atoms with Crippen LogP contribution in [0.25, 0.3) is 0 Å². The van der Waals surface area contributed by atoms with Crippen molar-refractivity contribution >= 4 is 23.2 Å². The second-order valence-electron chi connectivity index (χ2n) is 6.19. The highest BCUT2D eigenvalue weighted by Gasteiger charge is 2.14. The summed E-state index contributed by atoms with van der Waals surface area (Å²) in [5, 5.41) is 3.41. The van der Waals surface area contributed by atoms with Crippen molar-refractivity contribution in [3.8, 4) is 17.2 Å². The molecule has 1 N–H and O–H groups in total. The van der Waals surface area contributed by atoms with E-state index < -0.39 is 0 Å². The molecule has 0 aliphatic heterocycles. The third kappa shape index (κ3) is 4.60. The number of anilines is 1. The van der Waals surface area contributed by atoms with Crippen LogP contribution in [0.15, 0.2) is 60.7 Å². The van der Waals surface area contributed by atoms with Gasteiger partial charge in [0.2, 0.25) is 0 Å². The zero-order chi connectivity index (χ0) is 19.4. The van der Waals surface area contributed by atoms with E-state index in [1.165, 1.54) is 0 Å². The van der Waals surface area contributed by atoms with E-state index in [1.54, 1.807) is 49.6 Å². The minimum Gasteiger partial charge on any atom is -0.497 e. The fourth-order valence-electron chi connectivity index (χ4n) is 2.63. The monoisotopic (exact) mass is 381 g/mol. The molecule has 0 radical (unpaired) electrons. The molecular weight excluding hydrogens is 362 g/mol. The van der Waals surface area contributed by atoms with E-state index in [9.17, 15) is 4.79 Å². The van der Waals surface area contributed by atoms with E-state index in [4.69, 9.17) is 21.1 Å².